The Morgan fingerprint density at radius 1 is 0.582 bits per heavy atom. The number of phosphoric ester groups is 1. The molecule has 0 aliphatic rings. The summed E-state index contributed by atoms with van der Waals surface area (Å²) in [5, 5.41) is 0. The third-order valence-electron chi connectivity index (χ3n) is 8.84. The largest absolute Gasteiger partial charge is 0.472 e. The lowest BCUT2D eigenvalue weighted by Crippen LogP contribution is -2.29. The molecule has 2 atom stereocenters. The van der Waals surface area contributed by atoms with Crippen LogP contribution in [0, 0.1) is 0 Å². The summed E-state index contributed by atoms with van der Waals surface area (Å²) in [5.41, 5.74) is 0. The Balaban J connectivity index is 4.37. The summed E-state index contributed by atoms with van der Waals surface area (Å²) in [6.07, 6.45) is 45.5. The van der Waals surface area contributed by atoms with Crippen molar-refractivity contribution in [3.63, 3.8) is 0 Å². The molecule has 55 heavy (non-hydrogen) atoms. The number of ether oxygens (including phenoxy) is 2. The number of carbonyl (C=O) groups excluding carboxylic acids is 2. The summed E-state index contributed by atoms with van der Waals surface area (Å²) >= 11 is 0. The Labute approximate surface area is 336 Å². The van der Waals surface area contributed by atoms with Crippen LogP contribution in [0.4, 0.5) is 0 Å². The molecular weight excluding hydrogens is 713 g/mol. The Bertz CT molecular complexity index is 1100. The Hall–Kier alpha value is -2.29. The second-order valence-electron chi connectivity index (χ2n) is 14.5. The van der Waals surface area contributed by atoms with Crippen LogP contribution in [0.2, 0.25) is 0 Å². The number of nitrogens with zero attached hydrogens (tertiary/aromatic N) is 1. The number of esters is 2. The summed E-state index contributed by atoms with van der Waals surface area (Å²) in [6, 6.07) is 0. The van der Waals surface area contributed by atoms with Crippen LogP contribution in [0.25, 0.3) is 0 Å². The third kappa shape index (κ3) is 41.2. The first-order valence-corrected chi connectivity index (χ1v) is 23.1. The van der Waals surface area contributed by atoms with Crippen LogP contribution in [0.15, 0.2) is 60.8 Å². The van der Waals surface area contributed by atoms with Crippen molar-refractivity contribution in [2.75, 3.05) is 40.5 Å². The number of phosphoric acid groups is 1. The van der Waals surface area contributed by atoms with Gasteiger partial charge in [0.05, 0.1) is 13.2 Å². The van der Waals surface area contributed by atoms with E-state index >= 15 is 0 Å². The normalized spacial score (nSPS) is 14.0. The van der Waals surface area contributed by atoms with Crippen molar-refractivity contribution < 1.29 is 37.6 Å². The van der Waals surface area contributed by atoms with E-state index in [4.69, 9.17) is 18.5 Å². The van der Waals surface area contributed by atoms with Gasteiger partial charge in [0.15, 0.2) is 6.10 Å². The summed E-state index contributed by atoms with van der Waals surface area (Å²) in [7, 11) is -0.733. The average molecular weight is 794 g/mol. The van der Waals surface area contributed by atoms with E-state index in [1.54, 1.807) is 0 Å². The van der Waals surface area contributed by atoms with Crippen molar-refractivity contribution in [1.82, 2.24) is 4.90 Å². The Morgan fingerprint density at radius 2 is 1.04 bits per heavy atom. The molecule has 0 aromatic rings. The van der Waals surface area contributed by atoms with Crippen LogP contribution in [0.3, 0.4) is 0 Å². The number of likely N-dealkylation sites (N-methyl/N-ethyl adjacent to an activating group) is 1. The topological polar surface area (TPSA) is 112 Å². The Morgan fingerprint density at radius 3 is 1.55 bits per heavy atom. The molecule has 0 rings (SSSR count). The van der Waals surface area contributed by atoms with Crippen LogP contribution < -0.4 is 0 Å². The van der Waals surface area contributed by atoms with E-state index in [1.807, 2.05) is 19.0 Å². The molecular formula is C45H80NO8P. The zero-order valence-electron chi connectivity index (χ0n) is 35.3. The molecule has 0 amide bonds. The maximum atomic E-state index is 12.6. The summed E-state index contributed by atoms with van der Waals surface area (Å²) < 4.78 is 33.4. The van der Waals surface area contributed by atoms with Crippen molar-refractivity contribution >= 4 is 19.8 Å². The molecule has 318 valence electrons. The van der Waals surface area contributed by atoms with Gasteiger partial charge >= 0.3 is 19.8 Å². The predicted molar refractivity (Wildman–Crippen MR) is 229 cm³/mol. The van der Waals surface area contributed by atoms with Crippen molar-refractivity contribution in [2.45, 2.75) is 174 Å². The van der Waals surface area contributed by atoms with E-state index < -0.39 is 26.5 Å². The Kier molecular flexibility index (Phi) is 38.3. The number of hydrogen-bond donors (Lipinski definition) is 1. The SMILES string of the molecule is CC/C=C\C/C=C\C/C=C\C/C=C\C/C=C\CCCCCC(=O)OC(COC(=O)CCCCCCCCCCCCCCC)COP(=O)(O)OCCN(C)C. The maximum absolute atomic E-state index is 12.6. The lowest BCUT2D eigenvalue weighted by molar-refractivity contribution is -0.161. The van der Waals surface area contributed by atoms with Gasteiger partial charge in [0.2, 0.25) is 0 Å². The van der Waals surface area contributed by atoms with E-state index in [0.29, 0.717) is 13.0 Å². The standard InChI is InChI=1S/C45H80NO8P/c1-5-7-9-11-13-15-17-19-20-21-22-23-24-26-28-30-32-34-36-38-45(48)54-43(42-53-55(49,50)52-40-39-46(3)4)41-51-44(47)37-35-33-31-29-27-25-18-16-14-12-10-8-6-2/h7,9,13,15,19-20,22-23,26,28,43H,5-6,8,10-12,14,16-18,21,24-25,27,29-42H2,1-4H3,(H,49,50)/b9-7-,15-13-,20-19-,23-22-,28-26-. The first kappa shape index (κ1) is 52.7. The average Bonchev–Trinajstić information content (AvgIpc) is 3.15. The van der Waals surface area contributed by atoms with Gasteiger partial charge in [0.25, 0.3) is 0 Å². The molecule has 1 N–H and O–H groups in total. The molecule has 0 spiro atoms. The highest BCUT2D eigenvalue weighted by Gasteiger charge is 2.26. The molecule has 0 aromatic heterocycles. The highest BCUT2D eigenvalue weighted by Crippen LogP contribution is 2.43. The zero-order valence-corrected chi connectivity index (χ0v) is 36.2. The van der Waals surface area contributed by atoms with Crippen LogP contribution in [-0.4, -0.2) is 68.3 Å². The minimum atomic E-state index is -4.37. The molecule has 0 bridgehead atoms. The molecule has 0 fully saturated rings. The summed E-state index contributed by atoms with van der Waals surface area (Å²) in [5.74, 6) is -0.842. The zero-order chi connectivity index (χ0) is 40.5. The molecule has 0 aromatic carbocycles. The lowest BCUT2D eigenvalue weighted by atomic mass is 10.0. The van der Waals surface area contributed by atoms with Crippen LogP contribution in [0.1, 0.15) is 168 Å². The van der Waals surface area contributed by atoms with Crippen molar-refractivity contribution in [3.8, 4) is 0 Å². The molecule has 2 unspecified atom stereocenters. The lowest BCUT2D eigenvalue weighted by Gasteiger charge is -2.20. The first-order chi connectivity index (χ1) is 26.7. The second kappa shape index (κ2) is 39.9. The maximum Gasteiger partial charge on any atom is 0.472 e. The van der Waals surface area contributed by atoms with Gasteiger partial charge in [-0.15, -0.1) is 0 Å². The van der Waals surface area contributed by atoms with Crippen LogP contribution in [-0.2, 0) is 32.7 Å². The fourth-order valence-corrected chi connectivity index (χ4v) is 6.28. The number of rotatable bonds is 39. The van der Waals surface area contributed by atoms with Crippen molar-refractivity contribution in [2.24, 2.45) is 0 Å². The summed E-state index contributed by atoms with van der Waals surface area (Å²) in [6.45, 7) is 4.16. The van der Waals surface area contributed by atoms with E-state index in [2.05, 4.69) is 74.6 Å². The quantitative estimate of drug-likeness (QED) is 0.0281. The van der Waals surface area contributed by atoms with Gasteiger partial charge in [0.1, 0.15) is 6.61 Å². The van der Waals surface area contributed by atoms with Gasteiger partial charge in [0, 0.05) is 19.4 Å². The molecule has 0 aliphatic carbocycles. The van der Waals surface area contributed by atoms with E-state index in [9.17, 15) is 19.0 Å². The van der Waals surface area contributed by atoms with Gasteiger partial charge < -0.3 is 19.3 Å². The van der Waals surface area contributed by atoms with E-state index in [-0.39, 0.29) is 32.0 Å². The highest BCUT2D eigenvalue weighted by atomic mass is 31.2. The minimum Gasteiger partial charge on any atom is -0.462 e. The van der Waals surface area contributed by atoms with E-state index in [1.165, 1.54) is 64.2 Å². The molecule has 0 radical (unpaired) electrons. The van der Waals surface area contributed by atoms with E-state index in [0.717, 1.165) is 70.6 Å². The van der Waals surface area contributed by atoms with Gasteiger partial charge in [-0.1, -0.05) is 158 Å². The monoisotopic (exact) mass is 794 g/mol. The van der Waals surface area contributed by atoms with Crippen molar-refractivity contribution in [1.29, 1.82) is 0 Å². The number of unbranched alkanes of at least 4 members (excludes halogenated alkanes) is 15. The summed E-state index contributed by atoms with van der Waals surface area (Å²) in [4.78, 5) is 37.0. The first-order valence-electron chi connectivity index (χ1n) is 21.6. The smallest absolute Gasteiger partial charge is 0.462 e. The third-order valence-corrected chi connectivity index (χ3v) is 9.82. The van der Waals surface area contributed by atoms with Gasteiger partial charge in [-0.3, -0.25) is 18.6 Å². The fraction of sp³-hybridized carbons (Fsp3) is 0.733. The van der Waals surface area contributed by atoms with Crippen molar-refractivity contribution in [3.05, 3.63) is 60.8 Å². The van der Waals surface area contributed by atoms with Gasteiger partial charge in [-0.05, 0) is 71.9 Å². The molecule has 10 heteroatoms. The molecule has 0 heterocycles. The number of carbonyl (C=O) groups is 2. The molecule has 0 saturated carbocycles. The molecule has 9 nitrogen and oxygen atoms in total. The van der Waals surface area contributed by atoms with Gasteiger partial charge in [-0.2, -0.15) is 0 Å². The fourth-order valence-electron chi connectivity index (χ4n) is 5.54. The van der Waals surface area contributed by atoms with Gasteiger partial charge in [-0.25, -0.2) is 4.57 Å². The molecule has 0 aliphatic heterocycles. The predicted octanol–water partition coefficient (Wildman–Crippen LogP) is 12.3. The second-order valence-corrected chi connectivity index (χ2v) is 15.9. The molecule has 0 saturated heterocycles. The minimum absolute atomic E-state index is 0.00103. The number of hydrogen-bond acceptors (Lipinski definition) is 8. The van der Waals surface area contributed by atoms with Crippen LogP contribution in [0.5, 0.6) is 0 Å². The van der Waals surface area contributed by atoms with Crippen LogP contribution >= 0.6 is 7.82 Å². The highest BCUT2D eigenvalue weighted by molar-refractivity contribution is 7.47. The number of allylic oxidation sites excluding steroid dienone is 10.